The Morgan fingerprint density at radius 1 is 1.39 bits per heavy atom. The highest BCUT2D eigenvalue weighted by Crippen LogP contribution is 2.15. The van der Waals surface area contributed by atoms with Gasteiger partial charge < -0.3 is 21.1 Å². The van der Waals surface area contributed by atoms with Gasteiger partial charge in [-0.2, -0.15) is 0 Å². The second-order valence-corrected chi connectivity index (χ2v) is 5.64. The van der Waals surface area contributed by atoms with E-state index in [1.54, 1.807) is 13.8 Å². The molecule has 7 nitrogen and oxygen atoms in total. The number of amides is 1. The lowest BCUT2D eigenvalue weighted by atomic mass is 10.1. The number of nitrogens with zero attached hydrogens (tertiary/aromatic N) is 1. The normalized spacial score (nSPS) is 11.3. The average Bonchev–Trinajstić information content (AvgIpc) is 2.48. The lowest BCUT2D eigenvalue weighted by Gasteiger charge is -2.18. The van der Waals surface area contributed by atoms with Crippen LogP contribution in [0, 0.1) is 5.82 Å². The van der Waals surface area contributed by atoms with Crippen molar-refractivity contribution in [1.82, 2.24) is 15.3 Å². The van der Waals surface area contributed by atoms with Gasteiger partial charge in [-0.1, -0.05) is 12.1 Å². The fourth-order valence-electron chi connectivity index (χ4n) is 1.80. The predicted octanol–water partition coefficient (Wildman–Crippen LogP) is 0.738. The quantitative estimate of drug-likeness (QED) is 0.662. The molecule has 122 valence electrons. The number of aromatic nitrogens is 2. The van der Waals surface area contributed by atoms with E-state index >= 15 is 0 Å². The summed E-state index contributed by atoms with van der Waals surface area (Å²) < 4.78 is 12.8. The van der Waals surface area contributed by atoms with Gasteiger partial charge in [0.2, 0.25) is 5.75 Å². The molecule has 0 unspecified atom stereocenters. The van der Waals surface area contributed by atoms with Gasteiger partial charge in [-0.25, -0.2) is 9.37 Å². The smallest absolute Gasteiger partial charge is 0.293 e. The fourth-order valence-corrected chi connectivity index (χ4v) is 1.80. The first-order valence-electron chi connectivity index (χ1n) is 6.84. The van der Waals surface area contributed by atoms with Crippen LogP contribution in [-0.2, 0) is 12.1 Å². The van der Waals surface area contributed by atoms with Crippen LogP contribution >= 0.6 is 0 Å². The van der Waals surface area contributed by atoms with E-state index in [0.29, 0.717) is 5.56 Å². The first kappa shape index (κ1) is 16.6. The molecule has 1 heterocycles. The number of halogens is 1. The minimum absolute atomic E-state index is 0.0761. The number of carbonyl (C=O) groups excluding carboxylic acids is 1. The van der Waals surface area contributed by atoms with Crippen LogP contribution in [0.15, 0.2) is 29.1 Å². The van der Waals surface area contributed by atoms with Crippen LogP contribution < -0.4 is 16.6 Å². The van der Waals surface area contributed by atoms with Gasteiger partial charge in [0.05, 0.1) is 5.54 Å². The average molecular weight is 320 g/mol. The number of aromatic amines is 1. The first-order chi connectivity index (χ1) is 10.7. The summed E-state index contributed by atoms with van der Waals surface area (Å²) in [6.45, 7) is 3.29. The zero-order chi connectivity index (χ0) is 17.2. The van der Waals surface area contributed by atoms with Gasteiger partial charge in [0.15, 0.2) is 5.69 Å². The molecule has 1 amide bonds. The third-order valence-electron chi connectivity index (χ3n) is 3.09. The van der Waals surface area contributed by atoms with Crippen LogP contribution in [0.25, 0.3) is 0 Å². The largest absolute Gasteiger partial charge is 0.501 e. The molecule has 2 rings (SSSR count). The summed E-state index contributed by atoms with van der Waals surface area (Å²) in [7, 11) is 0. The number of benzene rings is 1. The molecule has 0 spiro atoms. The Morgan fingerprint density at radius 3 is 2.57 bits per heavy atom. The minimum Gasteiger partial charge on any atom is -0.501 e. The zero-order valence-corrected chi connectivity index (χ0v) is 12.7. The molecule has 0 saturated heterocycles. The second kappa shape index (κ2) is 6.17. The molecule has 0 bridgehead atoms. The molecule has 0 aliphatic heterocycles. The molecule has 2 aromatic rings. The lowest BCUT2D eigenvalue weighted by molar-refractivity contribution is 0.0941. The number of carbonyl (C=O) groups is 1. The summed E-state index contributed by atoms with van der Waals surface area (Å²) in [5.41, 5.74) is 4.25. The number of aromatic hydroxyl groups is 1. The van der Waals surface area contributed by atoms with Crippen LogP contribution in [-0.4, -0.2) is 21.0 Å². The van der Waals surface area contributed by atoms with E-state index in [0.717, 1.165) is 0 Å². The minimum atomic E-state index is -0.987. The van der Waals surface area contributed by atoms with E-state index in [9.17, 15) is 19.1 Å². The highest BCUT2D eigenvalue weighted by molar-refractivity contribution is 5.94. The maximum atomic E-state index is 12.8. The maximum absolute atomic E-state index is 12.8. The Bertz CT molecular complexity index is 779. The van der Waals surface area contributed by atoms with Crippen LogP contribution in [0.2, 0.25) is 0 Å². The molecule has 1 aromatic carbocycles. The van der Waals surface area contributed by atoms with Gasteiger partial charge in [0.1, 0.15) is 11.6 Å². The fraction of sp³-hybridized carbons (Fsp3) is 0.267. The number of nitrogens with one attached hydrogen (secondary N) is 2. The molecule has 5 N–H and O–H groups in total. The number of rotatable bonds is 4. The van der Waals surface area contributed by atoms with Crippen LogP contribution in [0.1, 0.15) is 35.7 Å². The molecular formula is C15H17FN4O3. The van der Waals surface area contributed by atoms with E-state index in [-0.39, 0.29) is 18.2 Å². The van der Waals surface area contributed by atoms with Crippen molar-refractivity contribution in [1.29, 1.82) is 0 Å². The Hall–Kier alpha value is -2.74. The summed E-state index contributed by atoms with van der Waals surface area (Å²) in [6.07, 6.45) is 0. The van der Waals surface area contributed by atoms with Crippen molar-refractivity contribution in [3.05, 3.63) is 57.5 Å². The second-order valence-electron chi connectivity index (χ2n) is 5.64. The van der Waals surface area contributed by atoms with Crippen molar-refractivity contribution < 1.29 is 14.3 Å². The Labute approximate surface area is 131 Å². The van der Waals surface area contributed by atoms with Crippen molar-refractivity contribution in [2.24, 2.45) is 5.73 Å². The summed E-state index contributed by atoms with van der Waals surface area (Å²) in [5.74, 6) is -1.82. The van der Waals surface area contributed by atoms with E-state index < -0.39 is 28.4 Å². The predicted molar refractivity (Wildman–Crippen MR) is 81.3 cm³/mol. The third-order valence-corrected chi connectivity index (χ3v) is 3.09. The summed E-state index contributed by atoms with van der Waals surface area (Å²) in [5, 5.41) is 12.2. The highest BCUT2D eigenvalue weighted by Gasteiger charge is 2.23. The molecule has 0 radical (unpaired) electrons. The molecule has 0 atom stereocenters. The molecule has 1 aromatic heterocycles. The van der Waals surface area contributed by atoms with Gasteiger partial charge in [0.25, 0.3) is 11.5 Å². The molecule has 0 aliphatic carbocycles. The van der Waals surface area contributed by atoms with Gasteiger partial charge in [0, 0.05) is 6.54 Å². The SMILES string of the molecule is CC(C)(N)c1nc(C(=O)NCc2ccc(F)cc2)c(O)c(=O)[nH]1. The standard InChI is InChI=1S/C15H17FN4O3/c1-15(2,17)14-19-10(11(21)13(23)20-14)12(22)18-7-8-3-5-9(16)6-4-8/h3-6,21H,7,17H2,1-2H3,(H,18,22)(H,19,20,23). The van der Waals surface area contributed by atoms with Crippen molar-refractivity contribution in [2.45, 2.75) is 25.9 Å². The van der Waals surface area contributed by atoms with Crippen LogP contribution in [0.3, 0.4) is 0 Å². The molecule has 0 fully saturated rings. The molecular weight excluding hydrogens is 303 g/mol. The van der Waals surface area contributed by atoms with E-state index in [2.05, 4.69) is 15.3 Å². The van der Waals surface area contributed by atoms with Crippen molar-refractivity contribution in [3.63, 3.8) is 0 Å². The van der Waals surface area contributed by atoms with E-state index in [1.165, 1.54) is 24.3 Å². The van der Waals surface area contributed by atoms with Crippen LogP contribution in [0.4, 0.5) is 4.39 Å². The maximum Gasteiger partial charge on any atom is 0.293 e. The molecule has 0 saturated carbocycles. The van der Waals surface area contributed by atoms with Crippen molar-refractivity contribution >= 4 is 5.91 Å². The van der Waals surface area contributed by atoms with Crippen molar-refractivity contribution in [2.75, 3.05) is 0 Å². The Kier molecular flexibility index (Phi) is 4.46. The third kappa shape index (κ3) is 3.92. The van der Waals surface area contributed by atoms with Gasteiger partial charge in [-0.15, -0.1) is 0 Å². The number of H-pyrrole nitrogens is 1. The lowest BCUT2D eigenvalue weighted by Crippen LogP contribution is -2.35. The monoisotopic (exact) mass is 320 g/mol. The van der Waals surface area contributed by atoms with Gasteiger partial charge in [-0.05, 0) is 31.5 Å². The van der Waals surface area contributed by atoms with Gasteiger partial charge >= 0.3 is 0 Å². The number of nitrogens with two attached hydrogens (primary N) is 1. The summed E-state index contributed by atoms with van der Waals surface area (Å²) in [6, 6.07) is 5.54. The van der Waals surface area contributed by atoms with Crippen molar-refractivity contribution in [3.8, 4) is 5.75 Å². The van der Waals surface area contributed by atoms with Crippen LogP contribution in [0.5, 0.6) is 5.75 Å². The highest BCUT2D eigenvalue weighted by atomic mass is 19.1. The van der Waals surface area contributed by atoms with Gasteiger partial charge in [-0.3, -0.25) is 9.59 Å². The molecule has 23 heavy (non-hydrogen) atoms. The van der Waals surface area contributed by atoms with E-state index in [4.69, 9.17) is 5.73 Å². The topological polar surface area (TPSA) is 121 Å². The molecule has 0 aliphatic rings. The molecule has 8 heteroatoms. The van der Waals surface area contributed by atoms with E-state index in [1.807, 2.05) is 0 Å². The number of hydrogen-bond acceptors (Lipinski definition) is 5. The Morgan fingerprint density at radius 2 is 2.00 bits per heavy atom. The summed E-state index contributed by atoms with van der Waals surface area (Å²) in [4.78, 5) is 30.1. The summed E-state index contributed by atoms with van der Waals surface area (Å²) >= 11 is 0. The zero-order valence-electron chi connectivity index (χ0n) is 12.7. The first-order valence-corrected chi connectivity index (χ1v) is 6.84. The number of hydrogen-bond donors (Lipinski definition) is 4. The Balaban J connectivity index is 2.23.